The van der Waals surface area contributed by atoms with E-state index in [1.54, 1.807) is 4.68 Å². The normalized spacial score (nSPS) is 28.1. The van der Waals surface area contributed by atoms with Crippen molar-refractivity contribution in [1.29, 1.82) is 0 Å². The molecular formula is C11H14BN3O2. The Morgan fingerprint density at radius 3 is 3.24 bits per heavy atom. The molecule has 88 valence electrons. The number of hydrogen-bond acceptors (Lipinski definition) is 4. The number of ether oxygens (including phenoxy) is 2. The van der Waals surface area contributed by atoms with Gasteiger partial charge in [-0.25, -0.2) is 4.68 Å². The van der Waals surface area contributed by atoms with Crippen LogP contribution in [0.5, 0.6) is 0 Å². The lowest BCUT2D eigenvalue weighted by molar-refractivity contribution is -0.0421. The maximum atomic E-state index is 5.71. The van der Waals surface area contributed by atoms with E-state index in [0.717, 1.165) is 5.69 Å². The molecule has 0 aliphatic carbocycles. The van der Waals surface area contributed by atoms with Gasteiger partial charge in [0, 0.05) is 12.4 Å². The zero-order valence-electron chi connectivity index (χ0n) is 9.74. The van der Waals surface area contributed by atoms with Gasteiger partial charge >= 0.3 is 0 Å². The van der Waals surface area contributed by atoms with E-state index in [2.05, 4.69) is 16.2 Å². The summed E-state index contributed by atoms with van der Waals surface area (Å²) in [5, 5.41) is 7.77. The number of aromatic nitrogens is 3. The summed E-state index contributed by atoms with van der Waals surface area (Å²) in [5.74, 6) is 2.57. The first-order valence-corrected chi connectivity index (χ1v) is 5.52. The molecule has 1 aromatic heterocycles. The van der Waals surface area contributed by atoms with Crippen LogP contribution in [0.2, 0.25) is 0 Å². The smallest absolute Gasteiger partial charge is 0.141 e. The minimum absolute atomic E-state index is 0.0782. The fourth-order valence-corrected chi connectivity index (χ4v) is 1.85. The Morgan fingerprint density at radius 1 is 1.76 bits per heavy atom. The second-order valence-electron chi connectivity index (χ2n) is 4.09. The number of terminal acetylenes is 1. The van der Waals surface area contributed by atoms with Gasteiger partial charge in [-0.15, -0.1) is 17.4 Å². The van der Waals surface area contributed by atoms with Gasteiger partial charge in [-0.1, -0.05) is 5.21 Å². The standard InChI is InChI=1S/C11H14BN3O2/c1-3-4-9-10(5-11(12)17-9)16-7-15-6-8(2)13-14-15/h1,6,9-11H,4-5,7H2,2H3. The molecule has 1 fully saturated rings. The molecule has 0 spiro atoms. The van der Waals surface area contributed by atoms with Gasteiger partial charge in [-0.3, -0.25) is 0 Å². The van der Waals surface area contributed by atoms with Gasteiger partial charge in [0.2, 0.25) is 0 Å². The Bertz CT molecular complexity index is 415. The van der Waals surface area contributed by atoms with Crippen LogP contribution in [-0.4, -0.2) is 41.1 Å². The fourth-order valence-electron chi connectivity index (χ4n) is 1.85. The van der Waals surface area contributed by atoms with Crippen LogP contribution in [0.1, 0.15) is 18.5 Å². The van der Waals surface area contributed by atoms with E-state index >= 15 is 0 Å². The molecule has 2 rings (SSSR count). The molecule has 3 atom stereocenters. The predicted octanol–water partition coefficient (Wildman–Crippen LogP) is 0.236. The molecular weight excluding hydrogens is 217 g/mol. The van der Waals surface area contributed by atoms with Crippen LogP contribution in [0.3, 0.4) is 0 Å². The summed E-state index contributed by atoms with van der Waals surface area (Å²) < 4.78 is 12.8. The van der Waals surface area contributed by atoms with E-state index in [-0.39, 0.29) is 18.2 Å². The van der Waals surface area contributed by atoms with Crippen molar-refractivity contribution in [3.05, 3.63) is 11.9 Å². The molecule has 1 aliphatic heterocycles. The highest BCUT2D eigenvalue weighted by molar-refractivity contribution is 6.11. The quantitative estimate of drug-likeness (QED) is 0.550. The van der Waals surface area contributed by atoms with Crippen molar-refractivity contribution in [2.24, 2.45) is 0 Å². The maximum Gasteiger partial charge on any atom is 0.141 e. The average molecular weight is 231 g/mol. The minimum Gasteiger partial charge on any atom is -0.381 e. The molecule has 0 saturated carbocycles. The molecule has 3 unspecified atom stereocenters. The molecule has 0 bridgehead atoms. The van der Waals surface area contributed by atoms with E-state index in [1.165, 1.54) is 0 Å². The van der Waals surface area contributed by atoms with Crippen LogP contribution in [-0.2, 0) is 16.2 Å². The number of nitrogens with zero attached hydrogens (tertiary/aromatic N) is 3. The van der Waals surface area contributed by atoms with Crippen LogP contribution in [0.15, 0.2) is 6.20 Å². The predicted molar refractivity (Wildman–Crippen MR) is 62.1 cm³/mol. The van der Waals surface area contributed by atoms with E-state index < -0.39 is 0 Å². The molecule has 2 heterocycles. The zero-order chi connectivity index (χ0) is 12.3. The van der Waals surface area contributed by atoms with E-state index in [1.807, 2.05) is 13.1 Å². The van der Waals surface area contributed by atoms with Gasteiger partial charge in [0.05, 0.1) is 24.1 Å². The summed E-state index contributed by atoms with van der Waals surface area (Å²) in [6.45, 7) is 2.21. The minimum atomic E-state index is -0.296. The summed E-state index contributed by atoms with van der Waals surface area (Å²) in [7, 11) is 5.71. The summed E-state index contributed by atoms with van der Waals surface area (Å²) in [6.07, 6.45) is 8.04. The topological polar surface area (TPSA) is 49.2 Å². The number of hydrogen-bond donors (Lipinski definition) is 0. The largest absolute Gasteiger partial charge is 0.381 e. The van der Waals surface area contributed by atoms with Crippen molar-refractivity contribution < 1.29 is 9.47 Å². The lowest BCUT2D eigenvalue weighted by Crippen LogP contribution is -2.25. The first-order chi connectivity index (χ1) is 8.19. The van der Waals surface area contributed by atoms with E-state index in [4.69, 9.17) is 23.7 Å². The maximum absolute atomic E-state index is 5.71. The number of aryl methyl sites for hydroxylation is 1. The first-order valence-electron chi connectivity index (χ1n) is 5.52. The summed E-state index contributed by atoms with van der Waals surface area (Å²) in [4.78, 5) is 0. The Morgan fingerprint density at radius 2 is 2.59 bits per heavy atom. The second-order valence-corrected chi connectivity index (χ2v) is 4.09. The lowest BCUT2D eigenvalue weighted by Gasteiger charge is -2.16. The van der Waals surface area contributed by atoms with Crippen LogP contribution >= 0.6 is 0 Å². The van der Waals surface area contributed by atoms with Gasteiger partial charge < -0.3 is 9.47 Å². The highest BCUT2D eigenvalue weighted by atomic mass is 16.6. The molecule has 17 heavy (non-hydrogen) atoms. The van der Waals surface area contributed by atoms with E-state index in [0.29, 0.717) is 19.6 Å². The zero-order valence-corrected chi connectivity index (χ0v) is 9.74. The highest BCUT2D eigenvalue weighted by Gasteiger charge is 2.32. The highest BCUT2D eigenvalue weighted by Crippen LogP contribution is 2.23. The van der Waals surface area contributed by atoms with Gasteiger partial charge in [0.1, 0.15) is 14.6 Å². The lowest BCUT2D eigenvalue weighted by atomic mass is 9.96. The first kappa shape index (κ1) is 12.2. The van der Waals surface area contributed by atoms with Gasteiger partial charge in [-0.2, -0.15) is 0 Å². The van der Waals surface area contributed by atoms with Crippen molar-refractivity contribution in [1.82, 2.24) is 15.0 Å². The van der Waals surface area contributed by atoms with Crippen LogP contribution < -0.4 is 0 Å². The Labute approximate surface area is 102 Å². The van der Waals surface area contributed by atoms with Crippen molar-refractivity contribution in [2.45, 2.75) is 44.7 Å². The molecule has 1 saturated heterocycles. The monoisotopic (exact) mass is 231 g/mol. The molecule has 0 N–H and O–H groups in total. The van der Waals surface area contributed by atoms with Crippen LogP contribution in [0, 0.1) is 19.3 Å². The summed E-state index contributed by atoms with van der Waals surface area (Å²) in [6, 6.07) is -0.296. The van der Waals surface area contributed by atoms with Gasteiger partial charge in [0.15, 0.2) is 0 Å². The van der Waals surface area contributed by atoms with Crippen molar-refractivity contribution >= 4 is 7.85 Å². The Kier molecular flexibility index (Phi) is 3.82. The molecule has 6 heteroatoms. The third kappa shape index (κ3) is 3.08. The summed E-state index contributed by atoms with van der Waals surface area (Å²) >= 11 is 0. The second kappa shape index (κ2) is 5.34. The van der Waals surface area contributed by atoms with Crippen LogP contribution in [0.25, 0.3) is 0 Å². The third-order valence-electron chi connectivity index (χ3n) is 2.62. The molecule has 1 aromatic rings. The van der Waals surface area contributed by atoms with Gasteiger partial charge in [0.25, 0.3) is 0 Å². The molecule has 0 aromatic carbocycles. The van der Waals surface area contributed by atoms with Crippen molar-refractivity contribution in [3.63, 3.8) is 0 Å². The van der Waals surface area contributed by atoms with Gasteiger partial charge in [-0.05, 0) is 13.3 Å². The van der Waals surface area contributed by atoms with Crippen molar-refractivity contribution in [3.8, 4) is 12.3 Å². The fraction of sp³-hybridized carbons (Fsp3) is 0.636. The average Bonchev–Trinajstić information content (AvgIpc) is 2.83. The Balaban J connectivity index is 1.87. The molecule has 1 aliphatic rings. The SMILES string of the molecule is [B]C1CC(OCn2cc(C)nn2)C(CC#C)O1. The Hall–Kier alpha value is -1.32. The summed E-state index contributed by atoms with van der Waals surface area (Å²) in [5.41, 5.74) is 0.855. The van der Waals surface area contributed by atoms with Crippen LogP contribution in [0.4, 0.5) is 0 Å². The van der Waals surface area contributed by atoms with Crippen molar-refractivity contribution in [2.75, 3.05) is 0 Å². The number of rotatable bonds is 4. The van der Waals surface area contributed by atoms with E-state index in [9.17, 15) is 0 Å². The molecule has 0 amide bonds. The molecule has 2 radical (unpaired) electrons. The molecule has 5 nitrogen and oxygen atoms in total. The third-order valence-corrected chi connectivity index (χ3v) is 2.62.